The molecule has 1 amide bonds. The van der Waals surface area contributed by atoms with Crippen LogP contribution in [0.4, 0.5) is 0 Å². The lowest BCUT2D eigenvalue weighted by Crippen LogP contribution is -2.40. The molecule has 0 bridgehead atoms. The molecular formula is C19H33N2O6P. The van der Waals surface area contributed by atoms with E-state index in [1.165, 1.54) is 0 Å². The van der Waals surface area contributed by atoms with Crippen LogP contribution in [0, 0.1) is 5.92 Å². The Bertz CT molecular complexity index is 674. The van der Waals surface area contributed by atoms with Crippen LogP contribution in [0.15, 0.2) is 30.3 Å². The zero-order chi connectivity index (χ0) is 21.2. The van der Waals surface area contributed by atoms with Crippen molar-refractivity contribution in [1.29, 1.82) is 0 Å². The number of carboxylic acid groups (broad SMARTS) is 1. The molecule has 160 valence electrons. The Hall–Kier alpha value is -1.73. The van der Waals surface area contributed by atoms with E-state index in [0.717, 1.165) is 5.56 Å². The molecule has 1 aromatic rings. The number of carbonyl (C=O) groups excluding carboxylic acids is 1. The number of aryl methyl sites for hydroxylation is 1. The first-order valence-electron chi connectivity index (χ1n) is 9.44. The maximum atomic E-state index is 12.7. The molecule has 8 nitrogen and oxygen atoms in total. The minimum absolute atomic E-state index is 0. The number of hydrogen-bond donors (Lipinski definition) is 4. The van der Waals surface area contributed by atoms with Crippen molar-refractivity contribution < 1.29 is 30.1 Å². The van der Waals surface area contributed by atoms with Crippen LogP contribution in [-0.4, -0.2) is 40.3 Å². The summed E-state index contributed by atoms with van der Waals surface area (Å²) in [7, 11) is -4.41. The molecule has 0 heterocycles. The van der Waals surface area contributed by atoms with Crippen LogP contribution in [0.5, 0.6) is 0 Å². The van der Waals surface area contributed by atoms with E-state index in [9.17, 15) is 24.2 Å². The van der Waals surface area contributed by atoms with E-state index in [-0.39, 0.29) is 14.3 Å². The van der Waals surface area contributed by atoms with Gasteiger partial charge in [-0.15, -0.1) is 0 Å². The number of nitrogens with two attached hydrogens (primary N) is 1. The quantitative estimate of drug-likeness (QED) is 0.286. The summed E-state index contributed by atoms with van der Waals surface area (Å²) in [6.07, 6.45) is 0.335. The highest BCUT2D eigenvalue weighted by Crippen LogP contribution is 2.50. The lowest BCUT2D eigenvalue weighted by Gasteiger charge is -2.28. The fourth-order valence-electron chi connectivity index (χ4n) is 2.71. The van der Waals surface area contributed by atoms with Crippen LogP contribution in [0.1, 0.15) is 46.5 Å². The monoisotopic (exact) mass is 416 g/mol. The second-order valence-electron chi connectivity index (χ2n) is 7.02. The number of amides is 1. The van der Waals surface area contributed by atoms with Crippen molar-refractivity contribution in [3.05, 3.63) is 35.9 Å². The second-order valence-corrected chi connectivity index (χ2v) is 8.92. The highest BCUT2D eigenvalue weighted by Gasteiger charge is 2.40. The lowest BCUT2D eigenvalue weighted by molar-refractivity contribution is -0.145. The third-order valence-corrected chi connectivity index (χ3v) is 6.23. The van der Waals surface area contributed by atoms with E-state index in [2.05, 4.69) is 5.32 Å². The Morgan fingerprint density at radius 3 is 2.43 bits per heavy atom. The summed E-state index contributed by atoms with van der Waals surface area (Å²) in [5.74, 6) is -3.32. The summed E-state index contributed by atoms with van der Waals surface area (Å²) < 4.78 is 17.8. The van der Waals surface area contributed by atoms with Crippen LogP contribution >= 0.6 is 7.60 Å². The number of aliphatic carboxylic acids is 1. The summed E-state index contributed by atoms with van der Waals surface area (Å²) in [6.45, 7) is 3.73. The van der Waals surface area contributed by atoms with E-state index in [4.69, 9.17) is 10.3 Å². The van der Waals surface area contributed by atoms with E-state index >= 15 is 0 Å². The molecule has 28 heavy (non-hydrogen) atoms. The van der Waals surface area contributed by atoms with Gasteiger partial charge in [0.1, 0.15) is 5.78 Å². The van der Waals surface area contributed by atoms with Crippen molar-refractivity contribution >= 4 is 19.5 Å². The summed E-state index contributed by atoms with van der Waals surface area (Å²) in [4.78, 5) is 34.0. The van der Waals surface area contributed by atoms with Gasteiger partial charge in [-0.3, -0.25) is 13.9 Å². The Kier molecular flexibility index (Phi) is 10.4. The molecular weight excluding hydrogens is 383 g/mol. The summed E-state index contributed by atoms with van der Waals surface area (Å²) in [6, 6.07) is 9.41. The molecule has 3 atom stereocenters. The predicted octanol–water partition coefficient (Wildman–Crippen LogP) is 2.75. The summed E-state index contributed by atoms with van der Waals surface area (Å²) in [5, 5.41) is 11.8. The van der Waals surface area contributed by atoms with Crippen LogP contribution in [0.25, 0.3) is 0 Å². The van der Waals surface area contributed by atoms with E-state index < -0.39 is 37.3 Å². The van der Waals surface area contributed by atoms with Gasteiger partial charge in [0, 0.05) is 7.85 Å². The van der Waals surface area contributed by atoms with E-state index in [1.54, 1.807) is 13.8 Å². The first-order chi connectivity index (χ1) is 13.2. The van der Waals surface area contributed by atoms with Gasteiger partial charge in [0.2, 0.25) is 5.91 Å². The number of nitrogens with one attached hydrogen (secondary N) is 1. The van der Waals surface area contributed by atoms with Crippen LogP contribution in [0.2, 0.25) is 0 Å². The van der Waals surface area contributed by atoms with Crippen molar-refractivity contribution in [2.75, 3.05) is 6.54 Å². The molecule has 0 aliphatic rings. The zero-order valence-corrected chi connectivity index (χ0v) is 17.3. The Balaban J connectivity index is 0.00000784. The normalized spacial score (nSPS) is 15.6. The van der Waals surface area contributed by atoms with E-state index in [0.29, 0.717) is 25.8 Å². The van der Waals surface area contributed by atoms with Crippen molar-refractivity contribution in [2.45, 2.75) is 57.8 Å². The molecule has 0 spiro atoms. The van der Waals surface area contributed by atoms with Gasteiger partial charge in [0.25, 0.3) is 0 Å². The zero-order valence-electron chi connectivity index (χ0n) is 16.4. The van der Waals surface area contributed by atoms with Crippen LogP contribution in [0.3, 0.4) is 0 Å². The average Bonchev–Trinajstić information content (AvgIpc) is 2.64. The third kappa shape index (κ3) is 8.52. The topological polar surface area (TPSA) is 139 Å². The molecule has 0 aromatic heterocycles. The van der Waals surface area contributed by atoms with Gasteiger partial charge in [-0.1, -0.05) is 44.2 Å². The third-order valence-electron chi connectivity index (χ3n) is 4.25. The standard InChI is InChI=1S/C19H31N2O6P.H2/c1-14(2)18(21-17(22)12-11-15-8-4-3-5-9-15)28(25,26)27-16(19(23)24)10-6-7-13-20;/h3-5,8-9,14,16,18H,6-7,10-13,20H2,1-2H3,(H,21,22)(H,23,24)(H,25,26);1H/t16?,18-;/m0./s1. The van der Waals surface area contributed by atoms with Crippen LogP contribution in [-0.2, 0) is 25.1 Å². The minimum Gasteiger partial charge on any atom is -0.479 e. The largest absolute Gasteiger partial charge is 0.479 e. The highest BCUT2D eigenvalue weighted by atomic mass is 31.2. The van der Waals surface area contributed by atoms with Gasteiger partial charge in [-0.25, -0.2) is 4.79 Å². The molecule has 1 aromatic carbocycles. The van der Waals surface area contributed by atoms with Crippen LogP contribution < -0.4 is 11.1 Å². The molecule has 0 saturated heterocycles. The highest BCUT2D eigenvalue weighted by molar-refractivity contribution is 7.53. The van der Waals surface area contributed by atoms with Gasteiger partial charge in [0.15, 0.2) is 6.10 Å². The Morgan fingerprint density at radius 2 is 1.89 bits per heavy atom. The SMILES string of the molecule is CC(C)[C@@H](NC(=O)CCc1ccccc1)P(=O)(O)OC(CCCCN)C(=O)O.[HH]. The Labute approximate surface area is 167 Å². The fourth-order valence-corrected chi connectivity index (χ4v) is 4.46. The number of rotatable bonds is 13. The fraction of sp³-hybridized carbons (Fsp3) is 0.579. The van der Waals surface area contributed by atoms with Crippen molar-refractivity contribution in [1.82, 2.24) is 5.32 Å². The maximum Gasteiger partial charge on any atom is 0.351 e. The van der Waals surface area contributed by atoms with Crippen molar-refractivity contribution in [3.8, 4) is 0 Å². The van der Waals surface area contributed by atoms with Gasteiger partial charge >= 0.3 is 13.6 Å². The number of unbranched alkanes of at least 4 members (excludes halogenated alkanes) is 1. The summed E-state index contributed by atoms with van der Waals surface area (Å²) >= 11 is 0. The molecule has 0 radical (unpaired) electrons. The molecule has 2 unspecified atom stereocenters. The number of carbonyl (C=O) groups is 2. The molecule has 0 aliphatic heterocycles. The first-order valence-corrected chi connectivity index (χ1v) is 11.1. The molecule has 0 fully saturated rings. The molecule has 0 aliphatic carbocycles. The van der Waals surface area contributed by atoms with Crippen molar-refractivity contribution in [3.63, 3.8) is 0 Å². The smallest absolute Gasteiger partial charge is 0.351 e. The Morgan fingerprint density at radius 1 is 1.25 bits per heavy atom. The number of hydrogen-bond acceptors (Lipinski definition) is 5. The van der Waals surface area contributed by atoms with Gasteiger partial charge in [-0.05, 0) is 43.7 Å². The molecule has 5 N–H and O–H groups in total. The second kappa shape index (κ2) is 12.0. The van der Waals surface area contributed by atoms with Gasteiger partial charge in [-0.2, -0.15) is 0 Å². The van der Waals surface area contributed by atoms with Crippen molar-refractivity contribution in [2.24, 2.45) is 11.7 Å². The maximum absolute atomic E-state index is 12.7. The summed E-state index contributed by atoms with van der Waals surface area (Å²) in [5.41, 5.74) is 6.37. The number of carboxylic acids is 1. The molecule has 1 rings (SSSR count). The molecule has 9 heteroatoms. The first kappa shape index (κ1) is 24.3. The average molecular weight is 416 g/mol. The van der Waals surface area contributed by atoms with Gasteiger partial charge < -0.3 is 21.1 Å². The lowest BCUT2D eigenvalue weighted by atomic mass is 10.1. The van der Waals surface area contributed by atoms with Gasteiger partial charge in [0.05, 0.1) is 0 Å². The minimum atomic E-state index is -4.41. The molecule has 0 saturated carbocycles. The number of benzene rings is 1. The van der Waals surface area contributed by atoms with E-state index in [1.807, 2.05) is 30.3 Å². The predicted molar refractivity (Wildman–Crippen MR) is 109 cm³/mol.